The Balaban J connectivity index is 1.49. The van der Waals surface area contributed by atoms with Crippen LogP contribution in [0.15, 0.2) is 47.0 Å². The number of hydrogen-bond acceptors (Lipinski definition) is 4. The van der Waals surface area contributed by atoms with E-state index in [-0.39, 0.29) is 18.4 Å². The van der Waals surface area contributed by atoms with Gasteiger partial charge in [0.1, 0.15) is 5.76 Å². The average Bonchev–Trinajstić information content (AvgIpc) is 3.36. The van der Waals surface area contributed by atoms with Gasteiger partial charge in [0.05, 0.1) is 29.4 Å². The molecule has 0 unspecified atom stereocenters. The van der Waals surface area contributed by atoms with Gasteiger partial charge in [0.15, 0.2) is 0 Å². The van der Waals surface area contributed by atoms with Crippen molar-refractivity contribution in [3.8, 4) is 0 Å². The predicted molar refractivity (Wildman–Crippen MR) is 112 cm³/mol. The lowest BCUT2D eigenvalue weighted by molar-refractivity contribution is -0.137. The molecular formula is C24H24F3N3O2. The highest BCUT2D eigenvalue weighted by atomic mass is 19.4. The van der Waals surface area contributed by atoms with Crippen LogP contribution < -0.4 is 0 Å². The lowest BCUT2D eigenvalue weighted by atomic mass is 10.0. The van der Waals surface area contributed by atoms with E-state index in [1.54, 1.807) is 6.92 Å². The van der Waals surface area contributed by atoms with Gasteiger partial charge in [0.2, 0.25) is 5.91 Å². The maximum Gasteiger partial charge on any atom is 0.416 e. The van der Waals surface area contributed by atoms with E-state index in [0.29, 0.717) is 18.7 Å². The van der Waals surface area contributed by atoms with E-state index in [1.165, 1.54) is 12.1 Å². The van der Waals surface area contributed by atoms with Crippen LogP contribution in [0.3, 0.4) is 0 Å². The van der Waals surface area contributed by atoms with Gasteiger partial charge in [-0.25, -0.2) is 0 Å². The van der Waals surface area contributed by atoms with Crippen LogP contribution in [-0.2, 0) is 23.8 Å². The molecule has 1 aromatic carbocycles. The fourth-order valence-electron chi connectivity index (χ4n) is 4.18. The van der Waals surface area contributed by atoms with E-state index >= 15 is 0 Å². The lowest BCUT2D eigenvalue weighted by Crippen LogP contribution is -2.32. The second-order valence-electron chi connectivity index (χ2n) is 8.15. The van der Waals surface area contributed by atoms with Crippen LogP contribution >= 0.6 is 0 Å². The third-order valence-electron chi connectivity index (χ3n) is 5.92. The molecule has 168 valence electrons. The molecule has 3 aromatic rings. The molecule has 3 heterocycles. The van der Waals surface area contributed by atoms with E-state index in [2.05, 4.69) is 5.16 Å². The van der Waals surface area contributed by atoms with E-state index in [0.717, 1.165) is 53.2 Å². The van der Waals surface area contributed by atoms with Crippen molar-refractivity contribution in [2.24, 2.45) is 0 Å². The van der Waals surface area contributed by atoms with Crippen LogP contribution in [0.2, 0.25) is 0 Å². The Morgan fingerprint density at radius 1 is 1.16 bits per heavy atom. The fraction of sp³-hybridized carbons (Fsp3) is 0.375. The Morgan fingerprint density at radius 2 is 1.91 bits per heavy atom. The summed E-state index contributed by atoms with van der Waals surface area (Å²) in [4.78, 5) is 19.6. The molecule has 0 radical (unpaired) electrons. The second-order valence-corrected chi connectivity index (χ2v) is 8.15. The molecule has 1 aliphatic rings. The normalized spacial score (nSPS) is 16.5. The highest BCUT2D eigenvalue weighted by Crippen LogP contribution is 2.32. The van der Waals surface area contributed by atoms with Gasteiger partial charge in [0, 0.05) is 24.2 Å². The molecule has 2 aromatic heterocycles. The topological polar surface area (TPSA) is 59.2 Å². The van der Waals surface area contributed by atoms with Crippen LogP contribution in [0.1, 0.15) is 58.4 Å². The molecule has 1 saturated heterocycles. The highest BCUT2D eigenvalue weighted by Gasteiger charge is 2.32. The quantitative estimate of drug-likeness (QED) is 0.544. The third kappa shape index (κ3) is 4.69. The summed E-state index contributed by atoms with van der Waals surface area (Å²) < 4.78 is 43.5. The molecular weight excluding hydrogens is 419 g/mol. The van der Waals surface area contributed by atoms with Gasteiger partial charge >= 0.3 is 6.18 Å². The molecule has 0 saturated carbocycles. The minimum atomic E-state index is -4.35. The zero-order chi connectivity index (χ0) is 22.9. The Hall–Kier alpha value is -3.16. The van der Waals surface area contributed by atoms with Crippen molar-refractivity contribution in [3.63, 3.8) is 0 Å². The van der Waals surface area contributed by atoms with Crippen molar-refractivity contribution < 1.29 is 22.5 Å². The number of aryl methyl sites for hydroxylation is 2. The first-order chi connectivity index (χ1) is 15.2. The molecule has 1 amide bonds. The van der Waals surface area contributed by atoms with E-state index in [9.17, 15) is 18.0 Å². The monoisotopic (exact) mass is 443 g/mol. The summed E-state index contributed by atoms with van der Waals surface area (Å²) in [5, 5.41) is 3.92. The molecule has 0 spiro atoms. The number of carbonyl (C=O) groups excluding carboxylic acids is 1. The van der Waals surface area contributed by atoms with Crippen LogP contribution in [0, 0.1) is 13.8 Å². The fourth-order valence-corrected chi connectivity index (χ4v) is 4.18. The Kier molecular flexibility index (Phi) is 6.04. The number of alkyl halides is 3. The molecule has 4 rings (SSSR count). The molecule has 0 N–H and O–H groups in total. The van der Waals surface area contributed by atoms with Crippen molar-refractivity contribution in [1.82, 2.24) is 15.0 Å². The van der Waals surface area contributed by atoms with E-state index in [1.807, 2.05) is 30.0 Å². The number of nitrogens with zero attached hydrogens (tertiary/aromatic N) is 3. The number of pyridine rings is 1. The van der Waals surface area contributed by atoms with Gasteiger partial charge in [-0.05, 0) is 56.5 Å². The first-order valence-electron chi connectivity index (χ1n) is 10.6. The smallest absolute Gasteiger partial charge is 0.361 e. The molecule has 32 heavy (non-hydrogen) atoms. The molecule has 0 bridgehead atoms. The van der Waals surface area contributed by atoms with Gasteiger partial charge < -0.3 is 9.42 Å². The number of amides is 1. The lowest BCUT2D eigenvalue weighted by Gasteiger charge is -2.25. The van der Waals surface area contributed by atoms with Crippen molar-refractivity contribution in [3.05, 3.63) is 82.0 Å². The molecule has 1 atom stereocenters. The molecule has 8 heteroatoms. The van der Waals surface area contributed by atoms with Gasteiger partial charge in [0.25, 0.3) is 0 Å². The van der Waals surface area contributed by atoms with Crippen molar-refractivity contribution in [2.75, 3.05) is 6.54 Å². The number of aromatic nitrogens is 2. The molecule has 1 aliphatic heterocycles. The summed E-state index contributed by atoms with van der Waals surface area (Å²) in [6.45, 7) is 4.29. The van der Waals surface area contributed by atoms with Gasteiger partial charge in [-0.15, -0.1) is 0 Å². The van der Waals surface area contributed by atoms with Crippen LogP contribution in [0.25, 0.3) is 0 Å². The first kappa shape index (κ1) is 22.0. The standard InChI is InChI=1S/C24H24F3N3O2/c1-15-20(16(2)32-29-15)14-23(31)30-12-4-7-22(30)21-6-3-5-19(28-21)13-17-8-10-18(11-9-17)24(25,26)27/h3,5-6,8-11,22H,4,7,12-14H2,1-2H3/t22-/m0/s1. The summed E-state index contributed by atoms with van der Waals surface area (Å²) in [5.41, 5.74) is 3.20. The summed E-state index contributed by atoms with van der Waals surface area (Å²) in [6.07, 6.45) is -1.97. The number of halogens is 3. The largest absolute Gasteiger partial charge is 0.416 e. The zero-order valence-corrected chi connectivity index (χ0v) is 17.9. The third-order valence-corrected chi connectivity index (χ3v) is 5.92. The number of benzene rings is 1. The Bertz CT molecular complexity index is 1090. The minimum absolute atomic E-state index is 0.0110. The van der Waals surface area contributed by atoms with Crippen molar-refractivity contribution in [1.29, 1.82) is 0 Å². The highest BCUT2D eigenvalue weighted by molar-refractivity contribution is 5.80. The SMILES string of the molecule is Cc1noc(C)c1CC(=O)N1CCC[C@H]1c1cccc(Cc2ccc(C(F)(F)F)cc2)n1. The Labute approximate surface area is 184 Å². The van der Waals surface area contributed by atoms with Crippen molar-refractivity contribution >= 4 is 5.91 Å². The zero-order valence-electron chi connectivity index (χ0n) is 17.9. The minimum Gasteiger partial charge on any atom is -0.361 e. The summed E-state index contributed by atoms with van der Waals surface area (Å²) >= 11 is 0. The number of carbonyl (C=O) groups is 1. The van der Waals surface area contributed by atoms with E-state index in [4.69, 9.17) is 9.51 Å². The summed E-state index contributed by atoms with van der Waals surface area (Å²) in [5.74, 6) is 0.667. The Morgan fingerprint density at radius 3 is 2.56 bits per heavy atom. The first-order valence-corrected chi connectivity index (χ1v) is 10.6. The predicted octanol–water partition coefficient (Wildman–Crippen LogP) is 5.20. The van der Waals surface area contributed by atoms with Gasteiger partial charge in [-0.1, -0.05) is 23.4 Å². The average molecular weight is 443 g/mol. The van der Waals surface area contributed by atoms with Crippen LogP contribution in [-0.4, -0.2) is 27.5 Å². The van der Waals surface area contributed by atoms with Crippen LogP contribution in [0.4, 0.5) is 13.2 Å². The number of rotatable bonds is 5. The van der Waals surface area contributed by atoms with Crippen LogP contribution in [0.5, 0.6) is 0 Å². The van der Waals surface area contributed by atoms with E-state index < -0.39 is 11.7 Å². The summed E-state index contributed by atoms with van der Waals surface area (Å²) in [6, 6.07) is 10.7. The van der Waals surface area contributed by atoms with Crippen molar-refractivity contribution in [2.45, 2.75) is 51.7 Å². The second kappa shape index (κ2) is 8.76. The van der Waals surface area contributed by atoms with Gasteiger partial charge in [-0.2, -0.15) is 13.2 Å². The number of hydrogen-bond donors (Lipinski definition) is 0. The maximum absolute atomic E-state index is 13.0. The summed E-state index contributed by atoms with van der Waals surface area (Å²) in [7, 11) is 0. The molecule has 0 aliphatic carbocycles. The number of likely N-dealkylation sites (tertiary alicyclic amines) is 1. The maximum atomic E-state index is 13.0. The van der Waals surface area contributed by atoms with Gasteiger partial charge in [-0.3, -0.25) is 9.78 Å². The molecule has 1 fully saturated rings. The molecule has 5 nitrogen and oxygen atoms in total.